The minimum atomic E-state index is -0.852. The number of rotatable bonds is 10. The first-order valence-corrected chi connectivity index (χ1v) is 7.51. The predicted octanol–water partition coefficient (Wildman–Crippen LogP) is 0.705. The number of anilines is 1. The van der Waals surface area contributed by atoms with Crippen molar-refractivity contribution in [2.24, 2.45) is 0 Å². The molecule has 0 atom stereocenters. The SMILES string of the molecule is COCCN(C)CCNc1nnc(SCC(=O)O)s1. The minimum absolute atomic E-state index is 0.00832. The van der Waals surface area contributed by atoms with Crippen LogP contribution in [-0.2, 0) is 9.53 Å². The number of carboxylic acids is 1. The Balaban J connectivity index is 2.20. The normalized spacial score (nSPS) is 10.9. The maximum absolute atomic E-state index is 10.4. The number of aromatic nitrogens is 2. The molecule has 0 aliphatic rings. The lowest BCUT2D eigenvalue weighted by Gasteiger charge is -2.15. The third kappa shape index (κ3) is 7.31. The van der Waals surface area contributed by atoms with Crippen LogP contribution in [0.3, 0.4) is 0 Å². The summed E-state index contributed by atoms with van der Waals surface area (Å²) >= 11 is 2.55. The number of thioether (sulfide) groups is 1. The molecule has 0 amide bonds. The van der Waals surface area contributed by atoms with Crippen molar-refractivity contribution in [1.29, 1.82) is 0 Å². The van der Waals surface area contributed by atoms with Gasteiger partial charge in [0.15, 0.2) is 4.34 Å². The van der Waals surface area contributed by atoms with Crippen LogP contribution in [0, 0.1) is 0 Å². The topological polar surface area (TPSA) is 87.6 Å². The average Bonchev–Trinajstić information content (AvgIpc) is 2.82. The fraction of sp³-hybridized carbons (Fsp3) is 0.700. The third-order valence-electron chi connectivity index (χ3n) is 2.17. The third-order valence-corrected chi connectivity index (χ3v) is 4.17. The fourth-order valence-electron chi connectivity index (χ4n) is 1.18. The van der Waals surface area contributed by atoms with Gasteiger partial charge in [-0.1, -0.05) is 23.1 Å². The van der Waals surface area contributed by atoms with Crippen LogP contribution in [-0.4, -0.2) is 72.3 Å². The summed E-state index contributed by atoms with van der Waals surface area (Å²) in [5, 5.41) is 20.3. The molecule has 0 unspecified atom stereocenters. The molecule has 0 bridgehead atoms. The molecule has 0 aliphatic heterocycles. The number of nitrogens with zero attached hydrogens (tertiary/aromatic N) is 3. The Morgan fingerprint density at radius 2 is 2.32 bits per heavy atom. The lowest BCUT2D eigenvalue weighted by molar-refractivity contribution is -0.133. The summed E-state index contributed by atoms with van der Waals surface area (Å²) < 4.78 is 5.66. The molecule has 1 rings (SSSR count). The molecule has 2 N–H and O–H groups in total. The van der Waals surface area contributed by atoms with Gasteiger partial charge < -0.3 is 20.1 Å². The quantitative estimate of drug-likeness (QED) is 0.611. The number of hydrogen-bond donors (Lipinski definition) is 2. The van der Waals surface area contributed by atoms with Crippen LogP contribution in [0.4, 0.5) is 5.13 Å². The average molecular weight is 306 g/mol. The number of nitrogens with one attached hydrogen (secondary N) is 1. The number of aliphatic carboxylic acids is 1. The van der Waals surface area contributed by atoms with E-state index in [1.165, 1.54) is 23.1 Å². The Kier molecular flexibility index (Phi) is 7.72. The van der Waals surface area contributed by atoms with E-state index in [1.54, 1.807) is 7.11 Å². The van der Waals surface area contributed by atoms with E-state index in [-0.39, 0.29) is 5.75 Å². The molecule has 9 heteroatoms. The molecule has 1 heterocycles. The number of ether oxygens (including phenoxy) is 1. The smallest absolute Gasteiger partial charge is 0.313 e. The van der Waals surface area contributed by atoms with Gasteiger partial charge in [-0.15, -0.1) is 10.2 Å². The van der Waals surface area contributed by atoms with Crippen LogP contribution in [0.25, 0.3) is 0 Å². The summed E-state index contributed by atoms with van der Waals surface area (Å²) in [4.78, 5) is 12.6. The predicted molar refractivity (Wildman–Crippen MR) is 76.1 cm³/mol. The zero-order chi connectivity index (χ0) is 14.1. The second-order valence-electron chi connectivity index (χ2n) is 3.78. The Morgan fingerprint density at radius 1 is 1.53 bits per heavy atom. The van der Waals surface area contributed by atoms with E-state index in [9.17, 15) is 4.79 Å². The summed E-state index contributed by atoms with van der Waals surface area (Å²) in [6.45, 7) is 3.23. The number of hydrogen-bond acceptors (Lipinski definition) is 8. The van der Waals surface area contributed by atoms with Crippen LogP contribution in [0.15, 0.2) is 4.34 Å². The molecule has 0 aliphatic carbocycles. The van der Waals surface area contributed by atoms with Crippen LogP contribution in [0.2, 0.25) is 0 Å². The van der Waals surface area contributed by atoms with Crippen molar-refractivity contribution in [1.82, 2.24) is 15.1 Å². The highest BCUT2D eigenvalue weighted by Gasteiger charge is 2.07. The molecule has 19 heavy (non-hydrogen) atoms. The van der Waals surface area contributed by atoms with Gasteiger partial charge in [0.2, 0.25) is 5.13 Å². The molecule has 0 saturated carbocycles. The van der Waals surface area contributed by atoms with E-state index >= 15 is 0 Å². The van der Waals surface area contributed by atoms with Gasteiger partial charge in [-0.25, -0.2) is 0 Å². The van der Waals surface area contributed by atoms with Gasteiger partial charge in [0.1, 0.15) is 0 Å². The minimum Gasteiger partial charge on any atom is -0.481 e. The van der Waals surface area contributed by atoms with Crippen molar-refractivity contribution >= 4 is 34.2 Å². The molecule has 1 aromatic heterocycles. The Labute approximate surface area is 120 Å². The Hall–Kier alpha value is -0.900. The molecule has 0 spiro atoms. The Bertz CT molecular complexity index is 389. The number of methoxy groups -OCH3 is 1. The summed E-state index contributed by atoms with van der Waals surface area (Å²) in [7, 11) is 3.71. The van der Waals surface area contributed by atoms with Crippen molar-refractivity contribution in [2.45, 2.75) is 4.34 Å². The highest BCUT2D eigenvalue weighted by atomic mass is 32.2. The highest BCUT2D eigenvalue weighted by molar-refractivity contribution is 8.01. The first kappa shape index (κ1) is 16.2. The van der Waals surface area contributed by atoms with E-state index in [4.69, 9.17) is 9.84 Å². The van der Waals surface area contributed by atoms with E-state index in [2.05, 4.69) is 20.4 Å². The maximum Gasteiger partial charge on any atom is 0.313 e. The van der Waals surface area contributed by atoms with Gasteiger partial charge in [-0.05, 0) is 7.05 Å². The number of carboxylic acid groups (broad SMARTS) is 1. The molecule has 0 aromatic carbocycles. The van der Waals surface area contributed by atoms with Crippen LogP contribution < -0.4 is 5.32 Å². The zero-order valence-corrected chi connectivity index (χ0v) is 12.6. The maximum atomic E-state index is 10.4. The van der Waals surface area contributed by atoms with E-state index in [0.717, 1.165) is 19.6 Å². The number of carbonyl (C=O) groups is 1. The monoisotopic (exact) mass is 306 g/mol. The first-order valence-electron chi connectivity index (χ1n) is 5.71. The van der Waals surface area contributed by atoms with Crippen LogP contribution in [0.5, 0.6) is 0 Å². The summed E-state index contributed by atoms with van der Waals surface area (Å²) in [5.41, 5.74) is 0. The molecule has 0 radical (unpaired) electrons. The molecular weight excluding hydrogens is 288 g/mol. The Morgan fingerprint density at radius 3 is 3.00 bits per heavy atom. The second-order valence-corrected chi connectivity index (χ2v) is 5.98. The number of likely N-dealkylation sites (N-methyl/N-ethyl adjacent to an activating group) is 1. The molecule has 0 fully saturated rings. The lowest BCUT2D eigenvalue weighted by Crippen LogP contribution is -2.28. The van der Waals surface area contributed by atoms with Gasteiger partial charge in [-0.3, -0.25) is 4.79 Å². The van der Waals surface area contributed by atoms with Crippen molar-refractivity contribution in [2.75, 3.05) is 51.5 Å². The van der Waals surface area contributed by atoms with E-state index in [0.29, 0.717) is 16.1 Å². The summed E-state index contributed by atoms with van der Waals surface area (Å²) in [6.07, 6.45) is 0. The van der Waals surface area contributed by atoms with Crippen molar-refractivity contribution in [3.8, 4) is 0 Å². The van der Waals surface area contributed by atoms with Gasteiger partial charge in [0.05, 0.1) is 12.4 Å². The first-order chi connectivity index (χ1) is 9.11. The van der Waals surface area contributed by atoms with Crippen molar-refractivity contribution in [3.05, 3.63) is 0 Å². The molecule has 0 saturated heterocycles. The largest absolute Gasteiger partial charge is 0.481 e. The lowest BCUT2D eigenvalue weighted by atomic mass is 10.5. The summed E-state index contributed by atoms with van der Waals surface area (Å²) in [5.74, 6) is -0.844. The van der Waals surface area contributed by atoms with Crippen LogP contribution >= 0.6 is 23.1 Å². The molecule has 108 valence electrons. The molecule has 1 aromatic rings. The van der Waals surface area contributed by atoms with Gasteiger partial charge in [0.25, 0.3) is 0 Å². The van der Waals surface area contributed by atoms with Crippen molar-refractivity contribution < 1.29 is 14.6 Å². The van der Waals surface area contributed by atoms with Gasteiger partial charge in [0, 0.05) is 26.7 Å². The molecular formula is C10H18N4O3S2. The molecule has 7 nitrogen and oxygen atoms in total. The standard InChI is InChI=1S/C10H18N4O3S2/c1-14(5-6-17-2)4-3-11-9-12-13-10(19-9)18-7-8(15)16/h3-7H2,1-2H3,(H,11,12)(H,15,16). The second kappa shape index (κ2) is 9.08. The highest BCUT2D eigenvalue weighted by Crippen LogP contribution is 2.24. The van der Waals surface area contributed by atoms with Crippen molar-refractivity contribution in [3.63, 3.8) is 0 Å². The van der Waals surface area contributed by atoms with Gasteiger partial charge in [-0.2, -0.15) is 0 Å². The fourth-order valence-corrected chi connectivity index (χ4v) is 2.67. The summed E-state index contributed by atoms with van der Waals surface area (Å²) in [6, 6.07) is 0. The van der Waals surface area contributed by atoms with Gasteiger partial charge >= 0.3 is 5.97 Å². The van der Waals surface area contributed by atoms with E-state index in [1.807, 2.05) is 7.05 Å². The van der Waals surface area contributed by atoms with E-state index < -0.39 is 5.97 Å². The van der Waals surface area contributed by atoms with Crippen LogP contribution in [0.1, 0.15) is 0 Å². The zero-order valence-electron chi connectivity index (χ0n) is 11.0.